The molecule has 1 fully saturated rings. The minimum Gasteiger partial charge on any atom is -0.309 e. The monoisotopic (exact) mass is 385 g/mol. The molecule has 1 saturated carbocycles. The van der Waals surface area contributed by atoms with E-state index in [0.717, 1.165) is 17.5 Å². The average molecular weight is 386 g/mol. The Morgan fingerprint density at radius 2 is 2.17 bits per heavy atom. The maximum atomic E-state index is 12.2. The van der Waals surface area contributed by atoms with E-state index >= 15 is 0 Å². The Kier molecular flexibility index (Phi) is 5.32. The molecule has 2 aromatic rings. The number of carbonyl (C=O) groups excluding carboxylic acids is 1. The van der Waals surface area contributed by atoms with Crippen molar-refractivity contribution in [2.45, 2.75) is 44.3 Å². The summed E-state index contributed by atoms with van der Waals surface area (Å²) in [4.78, 5) is 16.2. The van der Waals surface area contributed by atoms with Gasteiger partial charge < -0.3 is 9.88 Å². The highest BCUT2D eigenvalue weighted by molar-refractivity contribution is 7.99. The molecule has 0 atom stereocenters. The molecule has 1 aliphatic rings. The van der Waals surface area contributed by atoms with Gasteiger partial charge in [0.1, 0.15) is 5.82 Å². The highest BCUT2D eigenvalue weighted by Crippen LogP contribution is 2.40. The van der Waals surface area contributed by atoms with E-state index in [0.29, 0.717) is 27.3 Å². The van der Waals surface area contributed by atoms with Crippen LogP contribution < -0.4 is 5.32 Å². The summed E-state index contributed by atoms with van der Waals surface area (Å²) in [5.41, 5.74) is 0.691. The first-order valence-electron chi connectivity index (χ1n) is 7.67. The molecule has 6 nitrogen and oxygen atoms in total. The number of halogens is 2. The summed E-state index contributed by atoms with van der Waals surface area (Å²) in [6, 6.07) is 0. The second-order valence-corrected chi connectivity index (χ2v) is 7.32. The van der Waals surface area contributed by atoms with Crippen LogP contribution in [-0.2, 0) is 11.3 Å². The Balaban J connectivity index is 1.63. The van der Waals surface area contributed by atoms with Crippen molar-refractivity contribution < 1.29 is 4.79 Å². The molecule has 0 unspecified atom stereocenters. The molecule has 128 valence electrons. The van der Waals surface area contributed by atoms with Gasteiger partial charge in [-0.05, 0) is 32.3 Å². The van der Waals surface area contributed by atoms with Gasteiger partial charge in [0, 0.05) is 18.7 Å². The molecular formula is C15H17Cl2N5OS. The molecule has 0 radical (unpaired) electrons. The fourth-order valence-corrected chi connectivity index (χ4v) is 3.49. The van der Waals surface area contributed by atoms with E-state index < -0.39 is 0 Å². The minimum absolute atomic E-state index is 0.199. The zero-order valence-corrected chi connectivity index (χ0v) is 15.7. The minimum atomic E-state index is -0.199. The second-order valence-electron chi connectivity index (χ2n) is 5.59. The number of anilines is 1. The standard InChI is InChI=1S/C15H17Cl2N5OS/c1-3-22-14(9-4-5-9)20-21-15(22)24-7-11(23)19-13-12(17)8(2)10(16)6-18-13/h6,9H,3-5,7H2,1-2H3,(H,18,19,23). The lowest BCUT2D eigenvalue weighted by molar-refractivity contribution is -0.113. The molecule has 0 saturated heterocycles. The number of hydrogen-bond donors (Lipinski definition) is 1. The van der Waals surface area contributed by atoms with Gasteiger partial charge in [-0.2, -0.15) is 0 Å². The van der Waals surface area contributed by atoms with E-state index in [2.05, 4.69) is 32.0 Å². The van der Waals surface area contributed by atoms with Crippen LogP contribution in [0.3, 0.4) is 0 Å². The van der Waals surface area contributed by atoms with E-state index in [1.807, 2.05) is 0 Å². The quantitative estimate of drug-likeness (QED) is 0.762. The second kappa shape index (κ2) is 7.29. The lowest BCUT2D eigenvalue weighted by Crippen LogP contribution is -2.16. The van der Waals surface area contributed by atoms with Crippen LogP contribution in [0.2, 0.25) is 10.0 Å². The number of nitrogens with zero attached hydrogens (tertiary/aromatic N) is 4. The predicted octanol–water partition coefficient (Wildman–Crippen LogP) is 3.92. The van der Waals surface area contributed by atoms with Crippen LogP contribution >= 0.6 is 35.0 Å². The van der Waals surface area contributed by atoms with Gasteiger partial charge in [-0.1, -0.05) is 35.0 Å². The molecule has 0 aliphatic heterocycles. The van der Waals surface area contributed by atoms with E-state index in [-0.39, 0.29) is 11.7 Å². The molecule has 1 amide bonds. The highest BCUT2D eigenvalue weighted by Gasteiger charge is 2.30. The third-order valence-electron chi connectivity index (χ3n) is 3.80. The molecule has 2 aromatic heterocycles. The highest BCUT2D eigenvalue weighted by atomic mass is 35.5. The Hall–Kier alpha value is -1.31. The molecular weight excluding hydrogens is 369 g/mol. The Morgan fingerprint density at radius 3 is 2.83 bits per heavy atom. The van der Waals surface area contributed by atoms with Crippen LogP contribution in [0, 0.1) is 6.92 Å². The number of thioether (sulfide) groups is 1. The van der Waals surface area contributed by atoms with Gasteiger partial charge >= 0.3 is 0 Å². The maximum absolute atomic E-state index is 12.2. The fourth-order valence-electron chi connectivity index (χ4n) is 2.29. The van der Waals surface area contributed by atoms with Crippen molar-refractivity contribution in [1.29, 1.82) is 0 Å². The largest absolute Gasteiger partial charge is 0.309 e. The molecule has 0 bridgehead atoms. The topological polar surface area (TPSA) is 72.7 Å². The zero-order valence-electron chi connectivity index (χ0n) is 13.3. The number of hydrogen-bond acceptors (Lipinski definition) is 5. The van der Waals surface area contributed by atoms with Crippen molar-refractivity contribution in [3.05, 3.63) is 27.6 Å². The third-order valence-corrected chi connectivity index (χ3v) is 5.61. The molecule has 3 rings (SSSR count). The third kappa shape index (κ3) is 3.68. The van der Waals surface area contributed by atoms with Crippen LogP contribution in [0.25, 0.3) is 0 Å². The first kappa shape index (κ1) is 17.5. The number of carbonyl (C=O) groups is 1. The number of nitrogens with one attached hydrogen (secondary N) is 1. The van der Waals surface area contributed by atoms with Gasteiger partial charge in [0.2, 0.25) is 5.91 Å². The summed E-state index contributed by atoms with van der Waals surface area (Å²) in [7, 11) is 0. The smallest absolute Gasteiger partial charge is 0.236 e. The molecule has 24 heavy (non-hydrogen) atoms. The van der Waals surface area contributed by atoms with Crippen LogP contribution in [0.4, 0.5) is 5.82 Å². The zero-order chi connectivity index (χ0) is 17.3. The van der Waals surface area contributed by atoms with E-state index in [9.17, 15) is 4.79 Å². The van der Waals surface area contributed by atoms with Gasteiger partial charge in [0.15, 0.2) is 11.0 Å². The van der Waals surface area contributed by atoms with Gasteiger partial charge in [-0.3, -0.25) is 4.79 Å². The van der Waals surface area contributed by atoms with Crippen molar-refractivity contribution >= 4 is 46.7 Å². The van der Waals surface area contributed by atoms with Crippen LogP contribution in [0.5, 0.6) is 0 Å². The average Bonchev–Trinajstić information content (AvgIpc) is 3.33. The van der Waals surface area contributed by atoms with E-state index in [4.69, 9.17) is 23.2 Å². The maximum Gasteiger partial charge on any atom is 0.236 e. The summed E-state index contributed by atoms with van der Waals surface area (Å²) in [6.07, 6.45) is 3.81. The van der Waals surface area contributed by atoms with Gasteiger partial charge in [-0.25, -0.2) is 4.98 Å². The van der Waals surface area contributed by atoms with Crippen LogP contribution in [0.15, 0.2) is 11.4 Å². The molecule has 1 N–H and O–H groups in total. The summed E-state index contributed by atoms with van der Waals surface area (Å²) in [5.74, 6) is 1.89. The molecule has 9 heteroatoms. The Labute approximate surface area is 154 Å². The lowest BCUT2D eigenvalue weighted by Gasteiger charge is -2.09. The van der Waals surface area contributed by atoms with Crippen molar-refractivity contribution in [2.75, 3.05) is 11.1 Å². The molecule has 2 heterocycles. The SMILES string of the molecule is CCn1c(SCC(=O)Nc2ncc(Cl)c(C)c2Cl)nnc1C1CC1. The summed E-state index contributed by atoms with van der Waals surface area (Å²) in [5, 5.41) is 12.8. The van der Waals surface area contributed by atoms with E-state index in [1.54, 1.807) is 6.92 Å². The summed E-state index contributed by atoms with van der Waals surface area (Å²) >= 11 is 13.5. The van der Waals surface area contributed by atoms with Crippen molar-refractivity contribution in [2.24, 2.45) is 0 Å². The lowest BCUT2D eigenvalue weighted by atomic mass is 10.3. The Bertz CT molecular complexity index is 775. The normalized spacial score (nSPS) is 14.0. The first-order valence-corrected chi connectivity index (χ1v) is 9.41. The first-order chi connectivity index (χ1) is 11.5. The van der Waals surface area contributed by atoms with Crippen molar-refractivity contribution in [1.82, 2.24) is 19.7 Å². The van der Waals surface area contributed by atoms with Gasteiger partial charge in [0.05, 0.1) is 15.8 Å². The van der Waals surface area contributed by atoms with Crippen molar-refractivity contribution in [3.63, 3.8) is 0 Å². The molecule has 0 spiro atoms. The fraction of sp³-hybridized carbons (Fsp3) is 0.467. The predicted molar refractivity (Wildman–Crippen MR) is 96.0 cm³/mol. The molecule has 0 aromatic carbocycles. The van der Waals surface area contributed by atoms with Crippen LogP contribution in [-0.4, -0.2) is 31.4 Å². The van der Waals surface area contributed by atoms with Crippen LogP contribution in [0.1, 0.15) is 37.1 Å². The number of aromatic nitrogens is 4. The summed E-state index contributed by atoms with van der Waals surface area (Å²) in [6.45, 7) is 4.63. The number of pyridine rings is 1. The van der Waals surface area contributed by atoms with E-state index in [1.165, 1.54) is 30.8 Å². The number of amides is 1. The summed E-state index contributed by atoms with van der Waals surface area (Å²) < 4.78 is 2.08. The van der Waals surface area contributed by atoms with Gasteiger partial charge in [-0.15, -0.1) is 10.2 Å². The Morgan fingerprint density at radius 1 is 1.42 bits per heavy atom. The number of rotatable bonds is 6. The van der Waals surface area contributed by atoms with Crippen molar-refractivity contribution in [3.8, 4) is 0 Å². The molecule has 1 aliphatic carbocycles. The van der Waals surface area contributed by atoms with Gasteiger partial charge in [0.25, 0.3) is 0 Å².